The zero-order valence-corrected chi connectivity index (χ0v) is 11.7. The number of thiocarbonyl (C=S) groups is 1. The van der Waals surface area contributed by atoms with E-state index in [1.807, 2.05) is 0 Å². The van der Waals surface area contributed by atoms with Gasteiger partial charge in [0.15, 0.2) is 0 Å². The SMILES string of the molecule is CC1(O)CCCN(C(=O)c2cccc(C(N)=S)c2)C1. The third-order valence-electron chi connectivity index (χ3n) is 3.36. The minimum Gasteiger partial charge on any atom is -0.389 e. The van der Waals surface area contributed by atoms with Crippen LogP contribution >= 0.6 is 12.2 Å². The van der Waals surface area contributed by atoms with Gasteiger partial charge in [-0.15, -0.1) is 0 Å². The van der Waals surface area contributed by atoms with Gasteiger partial charge in [0.05, 0.1) is 5.60 Å². The highest BCUT2D eigenvalue weighted by molar-refractivity contribution is 7.80. The number of aliphatic hydroxyl groups is 1. The molecule has 1 atom stereocenters. The number of carbonyl (C=O) groups excluding carboxylic acids is 1. The van der Waals surface area contributed by atoms with Gasteiger partial charge in [-0.1, -0.05) is 24.4 Å². The van der Waals surface area contributed by atoms with Crippen molar-refractivity contribution in [3.8, 4) is 0 Å². The normalized spacial score (nSPS) is 23.2. The lowest BCUT2D eigenvalue weighted by atomic mass is 9.94. The molecule has 1 aliphatic heterocycles. The molecule has 102 valence electrons. The van der Waals surface area contributed by atoms with Crippen molar-refractivity contribution in [3.05, 3.63) is 35.4 Å². The van der Waals surface area contributed by atoms with Crippen LogP contribution in [0.1, 0.15) is 35.7 Å². The van der Waals surface area contributed by atoms with Gasteiger partial charge in [0, 0.05) is 24.2 Å². The number of nitrogens with two attached hydrogens (primary N) is 1. The van der Waals surface area contributed by atoms with Gasteiger partial charge in [0.2, 0.25) is 0 Å². The summed E-state index contributed by atoms with van der Waals surface area (Å²) in [4.78, 5) is 14.4. The van der Waals surface area contributed by atoms with E-state index < -0.39 is 5.60 Å². The Balaban J connectivity index is 2.19. The maximum absolute atomic E-state index is 12.4. The molecule has 0 radical (unpaired) electrons. The van der Waals surface area contributed by atoms with Crippen molar-refractivity contribution in [3.63, 3.8) is 0 Å². The number of likely N-dealkylation sites (tertiary alicyclic amines) is 1. The Morgan fingerprint density at radius 3 is 2.79 bits per heavy atom. The van der Waals surface area contributed by atoms with E-state index in [9.17, 15) is 9.90 Å². The molecule has 1 aliphatic rings. The number of amides is 1. The minimum atomic E-state index is -0.797. The molecule has 0 bridgehead atoms. The van der Waals surface area contributed by atoms with Crippen molar-refractivity contribution in [2.24, 2.45) is 5.73 Å². The average molecular weight is 278 g/mol. The zero-order valence-electron chi connectivity index (χ0n) is 10.9. The number of hydrogen-bond donors (Lipinski definition) is 2. The molecule has 0 spiro atoms. The molecular formula is C14H18N2O2S. The number of rotatable bonds is 2. The van der Waals surface area contributed by atoms with Crippen LogP contribution in [0.15, 0.2) is 24.3 Å². The molecule has 4 nitrogen and oxygen atoms in total. The van der Waals surface area contributed by atoms with Gasteiger partial charge >= 0.3 is 0 Å². The summed E-state index contributed by atoms with van der Waals surface area (Å²) in [5.41, 5.74) is 6.02. The lowest BCUT2D eigenvalue weighted by Crippen LogP contribution is -2.48. The summed E-state index contributed by atoms with van der Waals surface area (Å²) in [6.45, 7) is 2.80. The van der Waals surface area contributed by atoms with Gasteiger partial charge < -0.3 is 15.7 Å². The summed E-state index contributed by atoms with van der Waals surface area (Å²) in [6, 6.07) is 7.00. The molecule has 3 N–H and O–H groups in total. The van der Waals surface area contributed by atoms with Crippen LogP contribution in [0, 0.1) is 0 Å². The van der Waals surface area contributed by atoms with E-state index in [0.717, 1.165) is 12.8 Å². The highest BCUT2D eigenvalue weighted by Gasteiger charge is 2.31. The topological polar surface area (TPSA) is 66.6 Å². The maximum atomic E-state index is 12.4. The number of piperidine rings is 1. The molecule has 1 unspecified atom stereocenters. The van der Waals surface area contributed by atoms with Gasteiger partial charge in [-0.25, -0.2) is 0 Å². The van der Waals surface area contributed by atoms with Crippen molar-refractivity contribution >= 4 is 23.1 Å². The van der Waals surface area contributed by atoms with E-state index in [1.165, 1.54) is 0 Å². The highest BCUT2D eigenvalue weighted by atomic mass is 32.1. The Labute approximate surface area is 118 Å². The van der Waals surface area contributed by atoms with Crippen LogP contribution < -0.4 is 5.73 Å². The first kappa shape index (κ1) is 14.0. The third-order valence-corrected chi connectivity index (χ3v) is 3.59. The fourth-order valence-corrected chi connectivity index (χ4v) is 2.51. The van der Waals surface area contributed by atoms with E-state index in [1.54, 1.807) is 36.1 Å². The molecule has 1 aromatic rings. The molecule has 5 heteroatoms. The quantitative estimate of drug-likeness (QED) is 0.800. The molecule has 0 aliphatic carbocycles. The standard InChI is InChI=1S/C14H18N2O2S/c1-14(18)6-3-7-16(9-14)13(17)11-5-2-4-10(8-11)12(15)19/h2,4-5,8,18H,3,6-7,9H2,1H3,(H2,15,19). The van der Waals surface area contributed by atoms with Crippen LogP contribution in [-0.2, 0) is 0 Å². The first-order chi connectivity index (χ1) is 8.89. The Hall–Kier alpha value is -1.46. The Bertz CT molecular complexity index is 514. The van der Waals surface area contributed by atoms with Gasteiger partial charge in [0.1, 0.15) is 4.99 Å². The van der Waals surface area contributed by atoms with Crippen molar-refractivity contribution in [1.29, 1.82) is 0 Å². The second-order valence-corrected chi connectivity index (χ2v) is 5.71. The lowest BCUT2D eigenvalue weighted by Gasteiger charge is -2.36. The van der Waals surface area contributed by atoms with Crippen LogP contribution in [0.2, 0.25) is 0 Å². The monoisotopic (exact) mass is 278 g/mol. The van der Waals surface area contributed by atoms with Crippen molar-refractivity contribution in [2.45, 2.75) is 25.4 Å². The van der Waals surface area contributed by atoms with Crippen LogP contribution in [0.5, 0.6) is 0 Å². The molecule has 1 heterocycles. The number of hydrogen-bond acceptors (Lipinski definition) is 3. The molecule has 19 heavy (non-hydrogen) atoms. The third kappa shape index (κ3) is 3.30. The summed E-state index contributed by atoms with van der Waals surface area (Å²) in [5.74, 6) is -0.0851. The summed E-state index contributed by atoms with van der Waals surface area (Å²) >= 11 is 4.91. The van der Waals surface area contributed by atoms with E-state index in [-0.39, 0.29) is 10.9 Å². The minimum absolute atomic E-state index is 0.0851. The molecule has 2 rings (SSSR count). The van der Waals surface area contributed by atoms with E-state index in [0.29, 0.717) is 24.2 Å². The molecule has 0 aromatic heterocycles. The van der Waals surface area contributed by atoms with Gasteiger partial charge in [-0.3, -0.25) is 4.79 Å². The zero-order chi connectivity index (χ0) is 14.0. The number of β-amino-alcohol motifs (C(OH)–C–C–N with tert-alkyl or cyclic N) is 1. The smallest absolute Gasteiger partial charge is 0.253 e. The molecule has 1 aromatic carbocycles. The van der Waals surface area contributed by atoms with Crippen LogP contribution in [0.3, 0.4) is 0 Å². The molecule has 1 fully saturated rings. The second-order valence-electron chi connectivity index (χ2n) is 5.27. The Kier molecular flexibility index (Phi) is 3.87. The lowest BCUT2D eigenvalue weighted by molar-refractivity contribution is -0.0107. The number of benzene rings is 1. The van der Waals surface area contributed by atoms with Crippen LogP contribution in [0.25, 0.3) is 0 Å². The largest absolute Gasteiger partial charge is 0.389 e. The van der Waals surface area contributed by atoms with Crippen molar-refractivity contribution < 1.29 is 9.90 Å². The van der Waals surface area contributed by atoms with Gasteiger partial charge in [0.25, 0.3) is 5.91 Å². The average Bonchev–Trinajstić information content (AvgIpc) is 2.37. The summed E-state index contributed by atoms with van der Waals surface area (Å²) < 4.78 is 0. The molecule has 0 saturated carbocycles. The van der Waals surface area contributed by atoms with Gasteiger partial charge in [-0.05, 0) is 31.9 Å². The highest BCUT2D eigenvalue weighted by Crippen LogP contribution is 2.22. The predicted octanol–water partition coefficient (Wildman–Crippen LogP) is 1.31. The van der Waals surface area contributed by atoms with E-state index in [2.05, 4.69) is 0 Å². The van der Waals surface area contributed by atoms with Crippen molar-refractivity contribution in [1.82, 2.24) is 4.90 Å². The van der Waals surface area contributed by atoms with E-state index in [4.69, 9.17) is 18.0 Å². The summed E-state index contributed by atoms with van der Waals surface area (Å²) in [5, 5.41) is 10.0. The summed E-state index contributed by atoms with van der Waals surface area (Å²) in [7, 11) is 0. The fourth-order valence-electron chi connectivity index (χ4n) is 2.38. The molecular weight excluding hydrogens is 260 g/mol. The second kappa shape index (κ2) is 5.27. The molecule has 1 amide bonds. The van der Waals surface area contributed by atoms with Crippen LogP contribution in [0.4, 0.5) is 0 Å². The fraction of sp³-hybridized carbons (Fsp3) is 0.429. The first-order valence-corrected chi connectivity index (χ1v) is 6.71. The maximum Gasteiger partial charge on any atom is 0.253 e. The summed E-state index contributed by atoms with van der Waals surface area (Å²) in [6.07, 6.45) is 1.54. The number of nitrogens with zero attached hydrogens (tertiary/aromatic N) is 1. The van der Waals surface area contributed by atoms with Gasteiger partial charge in [-0.2, -0.15) is 0 Å². The predicted molar refractivity (Wildman–Crippen MR) is 78.1 cm³/mol. The number of carbonyl (C=O) groups is 1. The molecule has 1 saturated heterocycles. The Morgan fingerprint density at radius 1 is 1.47 bits per heavy atom. The van der Waals surface area contributed by atoms with Crippen LogP contribution in [-0.4, -0.2) is 39.6 Å². The first-order valence-electron chi connectivity index (χ1n) is 6.31. The van der Waals surface area contributed by atoms with Crippen molar-refractivity contribution in [2.75, 3.05) is 13.1 Å². The Morgan fingerprint density at radius 2 is 2.16 bits per heavy atom. The van der Waals surface area contributed by atoms with E-state index >= 15 is 0 Å².